The number of unbranched alkanes of at least 4 members (excludes halogenated alkanes) is 3. The van der Waals surface area contributed by atoms with Crippen LogP contribution in [0.25, 0.3) is 0 Å². The molecule has 1 N–H and O–H groups in total. The quantitative estimate of drug-likeness (QED) is 0.602. The van der Waals surface area contributed by atoms with Gasteiger partial charge in [0.05, 0.1) is 0 Å². The van der Waals surface area contributed by atoms with E-state index in [1.165, 1.54) is 64.2 Å². The van der Waals surface area contributed by atoms with Crippen LogP contribution >= 0.6 is 0 Å². The zero-order valence-corrected chi connectivity index (χ0v) is 12.3. The standard InChI is InChI=1S/C16H33N/c1-4-6-7-8-9-16(17-3)15-12-10-14(5-2)11-13-15/h14-17H,4-13H2,1-3H3. The maximum Gasteiger partial charge on any atom is 0.00923 e. The maximum atomic E-state index is 3.58. The molecule has 1 fully saturated rings. The van der Waals surface area contributed by atoms with E-state index in [4.69, 9.17) is 0 Å². The molecule has 0 heterocycles. The van der Waals surface area contributed by atoms with Gasteiger partial charge in [0.25, 0.3) is 0 Å². The van der Waals surface area contributed by atoms with Crippen LogP contribution in [0.15, 0.2) is 0 Å². The first-order valence-electron chi connectivity index (χ1n) is 7.99. The summed E-state index contributed by atoms with van der Waals surface area (Å²) in [6.07, 6.45) is 14.3. The normalized spacial score (nSPS) is 27.0. The van der Waals surface area contributed by atoms with Crippen LogP contribution in [0, 0.1) is 11.8 Å². The van der Waals surface area contributed by atoms with E-state index in [0.717, 1.165) is 17.9 Å². The minimum atomic E-state index is 0.796. The lowest BCUT2D eigenvalue weighted by Crippen LogP contribution is -2.35. The van der Waals surface area contributed by atoms with Crippen LogP contribution in [0.3, 0.4) is 0 Å². The molecule has 0 aromatic carbocycles. The van der Waals surface area contributed by atoms with E-state index in [1.54, 1.807) is 0 Å². The van der Waals surface area contributed by atoms with Gasteiger partial charge in [-0.3, -0.25) is 0 Å². The van der Waals surface area contributed by atoms with Crippen LogP contribution < -0.4 is 5.32 Å². The molecule has 0 aromatic rings. The molecule has 1 nitrogen and oxygen atoms in total. The summed E-state index contributed by atoms with van der Waals surface area (Å²) < 4.78 is 0. The lowest BCUT2D eigenvalue weighted by Gasteiger charge is -2.33. The molecule has 1 aliphatic rings. The van der Waals surface area contributed by atoms with Crippen LogP contribution in [0.4, 0.5) is 0 Å². The first-order valence-corrected chi connectivity index (χ1v) is 7.99. The highest BCUT2D eigenvalue weighted by Crippen LogP contribution is 2.33. The van der Waals surface area contributed by atoms with Gasteiger partial charge in [-0.1, -0.05) is 58.8 Å². The van der Waals surface area contributed by atoms with Crippen molar-refractivity contribution in [1.82, 2.24) is 5.32 Å². The van der Waals surface area contributed by atoms with Crippen molar-refractivity contribution in [1.29, 1.82) is 0 Å². The van der Waals surface area contributed by atoms with Crippen LogP contribution in [-0.4, -0.2) is 13.1 Å². The Hall–Kier alpha value is -0.0400. The van der Waals surface area contributed by atoms with Crippen molar-refractivity contribution in [2.75, 3.05) is 7.05 Å². The van der Waals surface area contributed by atoms with Crippen molar-refractivity contribution < 1.29 is 0 Å². The summed E-state index contributed by atoms with van der Waals surface area (Å²) in [5, 5.41) is 3.58. The Morgan fingerprint density at radius 3 is 2.24 bits per heavy atom. The lowest BCUT2D eigenvalue weighted by atomic mass is 9.76. The summed E-state index contributed by atoms with van der Waals surface area (Å²) in [6.45, 7) is 4.65. The van der Waals surface area contributed by atoms with Gasteiger partial charge in [0, 0.05) is 6.04 Å². The molecule has 0 aliphatic heterocycles. The van der Waals surface area contributed by atoms with Gasteiger partial charge in [-0.15, -0.1) is 0 Å². The molecule has 0 amide bonds. The summed E-state index contributed by atoms with van der Waals surface area (Å²) in [5.74, 6) is 1.99. The van der Waals surface area contributed by atoms with Crippen LogP contribution in [0.5, 0.6) is 0 Å². The Balaban J connectivity index is 2.21. The van der Waals surface area contributed by atoms with Gasteiger partial charge in [-0.25, -0.2) is 0 Å². The van der Waals surface area contributed by atoms with Gasteiger partial charge in [-0.2, -0.15) is 0 Å². The third-order valence-electron chi connectivity index (χ3n) is 4.78. The first kappa shape index (κ1) is 15.0. The molecule has 0 saturated heterocycles. The molecule has 17 heavy (non-hydrogen) atoms. The minimum absolute atomic E-state index is 0.796. The van der Waals surface area contributed by atoms with Crippen LogP contribution in [-0.2, 0) is 0 Å². The first-order chi connectivity index (χ1) is 8.31. The molecule has 102 valence electrons. The van der Waals surface area contributed by atoms with E-state index < -0.39 is 0 Å². The molecule has 0 spiro atoms. The monoisotopic (exact) mass is 239 g/mol. The predicted octanol–water partition coefficient (Wildman–Crippen LogP) is 4.76. The van der Waals surface area contributed by atoms with Crippen molar-refractivity contribution >= 4 is 0 Å². The van der Waals surface area contributed by atoms with E-state index >= 15 is 0 Å². The highest BCUT2D eigenvalue weighted by Gasteiger charge is 2.25. The zero-order chi connectivity index (χ0) is 12.5. The van der Waals surface area contributed by atoms with Gasteiger partial charge in [0.1, 0.15) is 0 Å². The Kier molecular flexibility index (Phi) is 7.92. The smallest absolute Gasteiger partial charge is 0.00923 e. The molecule has 0 aromatic heterocycles. The Bertz CT molecular complexity index is 170. The molecule has 1 saturated carbocycles. The van der Waals surface area contributed by atoms with Gasteiger partial charge in [-0.05, 0) is 38.1 Å². The van der Waals surface area contributed by atoms with Crippen molar-refractivity contribution in [3.8, 4) is 0 Å². The number of hydrogen-bond acceptors (Lipinski definition) is 1. The SMILES string of the molecule is CCCCCCC(NC)C1CCC(CC)CC1. The fraction of sp³-hybridized carbons (Fsp3) is 1.00. The lowest BCUT2D eigenvalue weighted by molar-refractivity contribution is 0.214. The van der Waals surface area contributed by atoms with Gasteiger partial charge >= 0.3 is 0 Å². The van der Waals surface area contributed by atoms with Crippen molar-refractivity contribution in [2.24, 2.45) is 11.8 Å². The summed E-state index contributed by atoms with van der Waals surface area (Å²) in [4.78, 5) is 0. The fourth-order valence-corrected chi connectivity index (χ4v) is 3.41. The second kappa shape index (κ2) is 8.97. The number of hydrogen-bond donors (Lipinski definition) is 1. The van der Waals surface area contributed by atoms with Crippen LogP contribution in [0.2, 0.25) is 0 Å². The van der Waals surface area contributed by atoms with Crippen molar-refractivity contribution in [3.63, 3.8) is 0 Å². The van der Waals surface area contributed by atoms with Gasteiger partial charge in [0.2, 0.25) is 0 Å². The van der Waals surface area contributed by atoms with E-state index in [9.17, 15) is 0 Å². The highest BCUT2D eigenvalue weighted by atomic mass is 14.9. The molecule has 1 rings (SSSR count). The molecule has 0 radical (unpaired) electrons. The molecule has 1 atom stereocenters. The summed E-state index contributed by atoms with van der Waals surface area (Å²) in [5.41, 5.74) is 0. The average molecular weight is 239 g/mol. The largest absolute Gasteiger partial charge is 0.317 e. The van der Waals surface area contributed by atoms with Crippen molar-refractivity contribution in [3.05, 3.63) is 0 Å². The van der Waals surface area contributed by atoms with Gasteiger partial charge < -0.3 is 5.32 Å². The maximum absolute atomic E-state index is 3.58. The van der Waals surface area contributed by atoms with Gasteiger partial charge in [0.15, 0.2) is 0 Å². The summed E-state index contributed by atoms with van der Waals surface area (Å²) in [6, 6.07) is 0.796. The minimum Gasteiger partial charge on any atom is -0.317 e. The van der Waals surface area contributed by atoms with E-state index in [2.05, 4.69) is 26.2 Å². The topological polar surface area (TPSA) is 12.0 Å². The zero-order valence-electron chi connectivity index (χ0n) is 12.3. The second-order valence-electron chi connectivity index (χ2n) is 5.93. The molecule has 1 unspecified atom stereocenters. The predicted molar refractivity (Wildman–Crippen MR) is 77.3 cm³/mol. The van der Waals surface area contributed by atoms with Crippen molar-refractivity contribution in [2.45, 2.75) is 84.1 Å². The summed E-state index contributed by atoms with van der Waals surface area (Å²) >= 11 is 0. The molecular weight excluding hydrogens is 206 g/mol. The fourth-order valence-electron chi connectivity index (χ4n) is 3.41. The molecule has 1 heteroatoms. The Morgan fingerprint density at radius 1 is 1.00 bits per heavy atom. The Morgan fingerprint density at radius 2 is 1.71 bits per heavy atom. The van der Waals surface area contributed by atoms with E-state index in [1.807, 2.05) is 0 Å². The highest BCUT2D eigenvalue weighted by molar-refractivity contribution is 4.80. The second-order valence-corrected chi connectivity index (χ2v) is 5.93. The Labute approximate surface area is 109 Å². The average Bonchev–Trinajstić information content (AvgIpc) is 2.39. The molecule has 0 bridgehead atoms. The number of rotatable bonds is 8. The molecular formula is C16H33N. The number of nitrogens with one attached hydrogen (secondary N) is 1. The van der Waals surface area contributed by atoms with Crippen LogP contribution in [0.1, 0.15) is 78.1 Å². The van der Waals surface area contributed by atoms with E-state index in [-0.39, 0.29) is 0 Å². The molecule has 1 aliphatic carbocycles. The third-order valence-corrected chi connectivity index (χ3v) is 4.78. The summed E-state index contributed by atoms with van der Waals surface area (Å²) in [7, 11) is 2.16. The van der Waals surface area contributed by atoms with E-state index in [0.29, 0.717) is 0 Å². The third kappa shape index (κ3) is 5.42.